The Morgan fingerprint density at radius 3 is 3.00 bits per heavy atom. The molecule has 1 aromatic heterocycles. The number of hydrogen-bond donors (Lipinski definition) is 2. The van der Waals surface area contributed by atoms with Gasteiger partial charge in [0, 0.05) is 0 Å². The fourth-order valence-corrected chi connectivity index (χ4v) is 2.03. The Balaban J connectivity index is 1.70. The second-order valence-corrected chi connectivity index (χ2v) is 4.48. The molecule has 5 nitrogen and oxygen atoms in total. The lowest BCUT2D eigenvalue weighted by atomic mass is 10.2. The van der Waals surface area contributed by atoms with Gasteiger partial charge < -0.3 is 9.72 Å². The molecule has 0 saturated carbocycles. The third-order valence-corrected chi connectivity index (χ3v) is 2.94. The molecule has 0 aliphatic carbocycles. The first-order valence-corrected chi connectivity index (χ1v) is 6.82. The molecular weight excluding hydrogens is 264 g/mol. The average molecular weight is 280 g/mol. The van der Waals surface area contributed by atoms with Crippen LogP contribution in [-0.2, 0) is 0 Å². The van der Waals surface area contributed by atoms with Crippen LogP contribution in [0, 0.1) is 0 Å². The minimum atomic E-state index is 0.619. The standard InChI is InChI=1S/C16H16N4O/c1-2-21-13-7-5-6-12(10-13)11-17-20-16-18-14-8-3-4-9-15(14)19-16/h3-11H,2H2,1H3,(H2,18,19,20)/b17-11-. The number of para-hydroxylation sites is 2. The highest BCUT2D eigenvalue weighted by Crippen LogP contribution is 2.14. The number of imidazole rings is 1. The highest BCUT2D eigenvalue weighted by atomic mass is 16.5. The number of hydrogen-bond acceptors (Lipinski definition) is 4. The molecule has 0 bridgehead atoms. The van der Waals surface area contributed by atoms with Crippen molar-refractivity contribution in [1.82, 2.24) is 9.97 Å². The van der Waals surface area contributed by atoms with Gasteiger partial charge in [-0.05, 0) is 36.8 Å². The van der Waals surface area contributed by atoms with Gasteiger partial charge in [-0.1, -0.05) is 24.3 Å². The molecule has 0 saturated heterocycles. The Bertz CT molecular complexity index is 731. The third-order valence-electron chi connectivity index (χ3n) is 2.94. The lowest BCUT2D eigenvalue weighted by Crippen LogP contribution is -1.94. The Labute approximate surface area is 122 Å². The van der Waals surface area contributed by atoms with E-state index in [0.29, 0.717) is 12.6 Å². The number of rotatable bonds is 5. The van der Waals surface area contributed by atoms with Crippen LogP contribution >= 0.6 is 0 Å². The van der Waals surface area contributed by atoms with Crippen LogP contribution in [0.15, 0.2) is 53.6 Å². The minimum absolute atomic E-state index is 0.619. The van der Waals surface area contributed by atoms with Gasteiger partial charge in [0.25, 0.3) is 0 Å². The number of nitrogens with zero attached hydrogens (tertiary/aromatic N) is 2. The van der Waals surface area contributed by atoms with Gasteiger partial charge in [0.15, 0.2) is 0 Å². The third kappa shape index (κ3) is 3.20. The van der Waals surface area contributed by atoms with Crippen molar-refractivity contribution in [2.45, 2.75) is 6.92 Å². The van der Waals surface area contributed by atoms with Crippen LogP contribution in [0.25, 0.3) is 11.0 Å². The minimum Gasteiger partial charge on any atom is -0.494 e. The van der Waals surface area contributed by atoms with Crippen molar-refractivity contribution in [2.24, 2.45) is 5.10 Å². The van der Waals surface area contributed by atoms with Crippen LogP contribution in [0.4, 0.5) is 5.95 Å². The SMILES string of the molecule is CCOc1cccc(/C=N\Nc2nc3ccccc3[nH]2)c1. The monoisotopic (exact) mass is 280 g/mol. The number of aromatic nitrogens is 2. The van der Waals surface area contributed by atoms with Gasteiger partial charge >= 0.3 is 0 Å². The fraction of sp³-hybridized carbons (Fsp3) is 0.125. The Morgan fingerprint density at radius 2 is 2.14 bits per heavy atom. The molecule has 0 radical (unpaired) electrons. The van der Waals surface area contributed by atoms with Crippen molar-refractivity contribution in [3.05, 3.63) is 54.1 Å². The molecule has 3 rings (SSSR count). The molecule has 5 heteroatoms. The van der Waals surface area contributed by atoms with Crippen LogP contribution < -0.4 is 10.2 Å². The number of nitrogens with one attached hydrogen (secondary N) is 2. The zero-order chi connectivity index (χ0) is 14.5. The molecule has 0 atom stereocenters. The smallest absolute Gasteiger partial charge is 0.222 e. The van der Waals surface area contributed by atoms with E-state index in [-0.39, 0.29) is 0 Å². The summed E-state index contributed by atoms with van der Waals surface area (Å²) in [6.45, 7) is 2.61. The van der Waals surface area contributed by atoms with Crippen molar-refractivity contribution in [3.8, 4) is 5.75 Å². The van der Waals surface area contributed by atoms with E-state index in [1.54, 1.807) is 6.21 Å². The summed E-state index contributed by atoms with van der Waals surface area (Å²) in [6, 6.07) is 15.6. The summed E-state index contributed by atoms with van der Waals surface area (Å²) in [5.74, 6) is 1.46. The van der Waals surface area contributed by atoms with E-state index in [0.717, 1.165) is 22.3 Å². The number of fused-ring (bicyclic) bond motifs is 1. The lowest BCUT2D eigenvalue weighted by Gasteiger charge is -2.02. The number of anilines is 1. The molecule has 1 heterocycles. The first-order valence-electron chi connectivity index (χ1n) is 6.82. The summed E-state index contributed by atoms with van der Waals surface area (Å²) in [6.07, 6.45) is 1.73. The maximum atomic E-state index is 5.45. The van der Waals surface area contributed by atoms with Gasteiger partial charge in [0.2, 0.25) is 5.95 Å². The predicted molar refractivity (Wildman–Crippen MR) is 84.9 cm³/mol. The summed E-state index contributed by atoms with van der Waals surface area (Å²) in [5.41, 5.74) is 5.75. The first kappa shape index (κ1) is 13.2. The van der Waals surface area contributed by atoms with Gasteiger partial charge in [-0.2, -0.15) is 5.10 Å². The van der Waals surface area contributed by atoms with Crippen LogP contribution in [0.3, 0.4) is 0 Å². The van der Waals surface area contributed by atoms with Gasteiger partial charge in [-0.3, -0.25) is 0 Å². The molecule has 21 heavy (non-hydrogen) atoms. The van der Waals surface area contributed by atoms with E-state index in [2.05, 4.69) is 20.5 Å². The highest BCUT2D eigenvalue weighted by molar-refractivity contribution is 5.81. The zero-order valence-corrected chi connectivity index (χ0v) is 11.7. The van der Waals surface area contributed by atoms with Crippen molar-refractivity contribution >= 4 is 23.2 Å². The largest absolute Gasteiger partial charge is 0.494 e. The number of aromatic amines is 1. The second kappa shape index (κ2) is 6.09. The summed E-state index contributed by atoms with van der Waals surface area (Å²) in [7, 11) is 0. The number of benzene rings is 2. The van der Waals surface area contributed by atoms with Crippen LogP contribution in [0.1, 0.15) is 12.5 Å². The fourth-order valence-electron chi connectivity index (χ4n) is 2.03. The van der Waals surface area contributed by atoms with Gasteiger partial charge in [-0.25, -0.2) is 10.4 Å². The number of hydrazone groups is 1. The van der Waals surface area contributed by atoms with Gasteiger partial charge in [0.05, 0.1) is 23.9 Å². The topological polar surface area (TPSA) is 62.3 Å². The van der Waals surface area contributed by atoms with E-state index in [4.69, 9.17) is 4.74 Å². The maximum Gasteiger partial charge on any atom is 0.222 e. The summed E-state index contributed by atoms with van der Waals surface area (Å²) >= 11 is 0. The zero-order valence-electron chi connectivity index (χ0n) is 11.7. The molecule has 106 valence electrons. The quantitative estimate of drug-likeness (QED) is 0.556. The molecule has 0 unspecified atom stereocenters. The predicted octanol–water partition coefficient (Wildman–Crippen LogP) is 3.41. The number of ether oxygens (including phenoxy) is 1. The summed E-state index contributed by atoms with van der Waals surface area (Å²) in [5, 5.41) is 4.18. The van der Waals surface area contributed by atoms with Crippen molar-refractivity contribution in [2.75, 3.05) is 12.0 Å². The molecule has 2 N–H and O–H groups in total. The number of H-pyrrole nitrogens is 1. The highest BCUT2D eigenvalue weighted by Gasteiger charge is 1.99. The van der Waals surface area contributed by atoms with Gasteiger partial charge in [-0.15, -0.1) is 0 Å². The second-order valence-electron chi connectivity index (χ2n) is 4.48. The molecule has 0 amide bonds. The van der Waals surface area contributed by atoms with E-state index in [1.165, 1.54) is 0 Å². The Hall–Kier alpha value is -2.82. The van der Waals surface area contributed by atoms with Crippen molar-refractivity contribution in [1.29, 1.82) is 0 Å². The lowest BCUT2D eigenvalue weighted by molar-refractivity contribution is 0.340. The van der Waals surface area contributed by atoms with Crippen molar-refractivity contribution in [3.63, 3.8) is 0 Å². The molecule has 0 spiro atoms. The van der Waals surface area contributed by atoms with Crippen LogP contribution in [-0.4, -0.2) is 22.8 Å². The molecule has 0 aliphatic heterocycles. The Morgan fingerprint density at radius 1 is 1.24 bits per heavy atom. The normalized spacial score (nSPS) is 11.1. The van der Waals surface area contributed by atoms with Crippen molar-refractivity contribution < 1.29 is 4.74 Å². The molecule has 2 aromatic carbocycles. The summed E-state index contributed by atoms with van der Waals surface area (Å²) < 4.78 is 5.45. The van der Waals surface area contributed by atoms with Crippen LogP contribution in [0.2, 0.25) is 0 Å². The molecular formula is C16H16N4O. The molecule has 3 aromatic rings. The van der Waals surface area contributed by atoms with E-state index in [9.17, 15) is 0 Å². The van der Waals surface area contributed by atoms with Crippen LogP contribution in [0.5, 0.6) is 5.75 Å². The van der Waals surface area contributed by atoms with E-state index in [1.807, 2.05) is 55.5 Å². The molecule has 0 fully saturated rings. The van der Waals surface area contributed by atoms with E-state index >= 15 is 0 Å². The average Bonchev–Trinajstić information content (AvgIpc) is 2.91. The Kier molecular flexibility index (Phi) is 3.82. The molecule has 0 aliphatic rings. The maximum absolute atomic E-state index is 5.45. The van der Waals surface area contributed by atoms with Gasteiger partial charge in [0.1, 0.15) is 5.75 Å². The van der Waals surface area contributed by atoms with E-state index < -0.39 is 0 Å². The first-order chi connectivity index (χ1) is 10.3. The summed E-state index contributed by atoms with van der Waals surface area (Å²) in [4.78, 5) is 7.54.